The van der Waals surface area contributed by atoms with E-state index in [0.29, 0.717) is 43.5 Å². The summed E-state index contributed by atoms with van der Waals surface area (Å²) in [4.78, 5) is 26.4. The summed E-state index contributed by atoms with van der Waals surface area (Å²) in [7, 11) is -1.81. The molecule has 27 heavy (non-hydrogen) atoms. The van der Waals surface area contributed by atoms with Crippen molar-refractivity contribution in [1.82, 2.24) is 4.90 Å². The molecule has 1 N–H and O–H groups in total. The minimum atomic E-state index is -3.37. The average Bonchev–Trinajstić information content (AvgIpc) is 2.65. The van der Waals surface area contributed by atoms with E-state index in [1.54, 1.807) is 25.2 Å². The summed E-state index contributed by atoms with van der Waals surface area (Å²) in [5.74, 6) is -1.29. The Morgan fingerprint density at radius 3 is 2.41 bits per heavy atom. The number of aliphatic carboxylic acids is 1. The molecule has 0 aromatic heterocycles. The molecule has 2 aliphatic rings. The third kappa shape index (κ3) is 3.54. The Hall–Kier alpha value is -2.09. The van der Waals surface area contributed by atoms with Gasteiger partial charge in [-0.05, 0) is 49.4 Å². The number of carbonyl (C=O) groups excluding carboxylic acids is 1. The summed E-state index contributed by atoms with van der Waals surface area (Å²) in [6.45, 7) is 0.432. The third-order valence-corrected chi connectivity index (χ3v) is 7.01. The van der Waals surface area contributed by atoms with Crippen LogP contribution in [0.3, 0.4) is 0 Å². The van der Waals surface area contributed by atoms with Crippen LogP contribution >= 0.6 is 0 Å². The monoisotopic (exact) mass is 394 g/mol. The van der Waals surface area contributed by atoms with Crippen molar-refractivity contribution in [3.05, 3.63) is 29.3 Å². The molecule has 1 fully saturated rings. The highest BCUT2D eigenvalue weighted by Gasteiger charge is 2.45. The summed E-state index contributed by atoms with van der Waals surface area (Å²) in [5, 5.41) is 9.80. The van der Waals surface area contributed by atoms with Crippen LogP contribution in [0.25, 0.3) is 0 Å². The zero-order valence-corrected chi connectivity index (χ0v) is 16.6. The van der Waals surface area contributed by atoms with Crippen LogP contribution in [-0.4, -0.2) is 55.7 Å². The van der Waals surface area contributed by atoms with Crippen molar-refractivity contribution in [3.63, 3.8) is 0 Å². The SMILES string of the molecule is CN(C(=O)c1ccc2c(c1)CCCN2S(C)(=O)=O)C1(C(=O)O)CCCCC1. The van der Waals surface area contributed by atoms with Gasteiger partial charge in [-0.1, -0.05) is 19.3 Å². The van der Waals surface area contributed by atoms with Gasteiger partial charge in [0.05, 0.1) is 11.9 Å². The largest absolute Gasteiger partial charge is 0.479 e. The van der Waals surface area contributed by atoms with Crippen LogP contribution in [0.4, 0.5) is 5.69 Å². The second-order valence-corrected chi connectivity index (χ2v) is 9.45. The molecular weight excluding hydrogens is 368 g/mol. The van der Waals surface area contributed by atoms with Gasteiger partial charge in [0.15, 0.2) is 0 Å². The van der Waals surface area contributed by atoms with Crippen molar-refractivity contribution in [2.24, 2.45) is 0 Å². The summed E-state index contributed by atoms with van der Waals surface area (Å²) >= 11 is 0. The lowest BCUT2D eigenvalue weighted by atomic mass is 9.80. The number of hydrogen-bond donors (Lipinski definition) is 1. The number of anilines is 1. The Balaban J connectivity index is 1.93. The lowest BCUT2D eigenvalue weighted by molar-refractivity contribution is -0.151. The molecule has 1 aromatic carbocycles. The highest BCUT2D eigenvalue weighted by Crippen LogP contribution is 2.35. The first kappa shape index (κ1) is 19.7. The van der Waals surface area contributed by atoms with Crippen molar-refractivity contribution in [1.29, 1.82) is 0 Å². The van der Waals surface area contributed by atoms with Gasteiger partial charge in [-0.25, -0.2) is 13.2 Å². The van der Waals surface area contributed by atoms with E-state index in [0.717, 1.165) is 24.8 Å². The van der Waals surface area contributed by atoms with Crippen molar-refractivity contribution >= 4 is 27.6 Å². The lowest BCUT2D eigenvalue weighted by Crippen LogP contribution is -2.56. The summed E-state index contributed by atoms with van der Waals surface area (Å²) in [6, 6.07) is 4.97. The molecule has 148 valence electrons. The summed E-state index contributed by atoms with van der Waals surface area (Å²) < 4.78 is 25.3. The Morgan fingerprint density at radius 2 is 1.81 bits per heavy atom. The van der Waals surface area contributed by atoms with E-state index >= 15 is 0 Å². The number of rotatable bonds is 4. The van der Waals surface area contributed by atoms with Gasteiger partial charge >= 0.3 is 5.97 Å². The minimum absolute atomic E-state index is 0.335. The van der Waals surface area contributed by atoms with E-state index in [1.165, 1.54) is 15.5 Å². The van der Waals surface area contributed by atoms with E-state index < -0.39 is 21.5 Å². The van der Waals surface area contributed by atoms with Gasteiger partial charge in [0, 0.05) is 19.2 Å². The third-order valence-electron chi connectivity index (χ3n) is 5.83. The fraction of sp³-hybridized carbons (Fsp3) is 0.579. The maximum atomic E-state index is 13.0. The molecule has 1 saturated carbocycles. The molecule has 8 heteroatoms. The number of aryl methyl sites for hydroxylation is 1. The number of amides is 1. The fourth-order valence-corrected chi connectivity index (χ4v) is 5.25. The van der Waals surface area contributed by atoms with Crippen molar-refractivity contribution in [2.75, 3.05) is 24.2 Å². The number of hydrogen-bond acceptors (Lipinski definition) is 4. The molecule has 0 saturated heterocycles. The molecule has 0 bridgehead atoms. The Bertz CT molecular complexity index is 859. The molecule has 7 nitrogen and oxygen atoms in total. The molecule has 1 heterocycles. The zero-order valence-electron chi connectivity index (χ0n) is 15.8. The van der Waals surface area contributed by atoms with Gasteiger partial charge < -0.3 is 10.0 Å². The maximum Gasteiger partial charge on any atom is 0.329 e. The quantitative estimate of drug-likeness (QED) is 0.845. The van der Waals surface area contributed by atoms with Gasteiger partial charge in [-0.3, -0.25) is 9.10 Å². The highest BCUT2D eigenvalue weighted by atomic mass is 32.2. The molecule has 1 amide bonds. The molecule has 1 aliphatic heterocycles. The van der Waals surface area contributed by atoms with Gasteiger partial charge in [-0.15, -0.1) is 0 Å². The van der Waals surface area contributed by atoms with Crippen LogP contribution < -0.4 is 4.31 Å². The molecular formula is C19H26N2O5S. The molecule has 0 spiro atoms. The molecule has 1 aliphatic carbocycles. The van der Waals surface area contributed by atoms with Crippen molar-refractivity contribution < 1.29 is 23.1 Å². The lowest BCUT2D eigenvalue weighted by Gasteiger charge is -2.41. The number of likely N-dealkylation sites (N-methyl/N-ethyl adjacent to an activating group) is 1. The molecule has 3 rings (SSSR count). The second kappa shape index (κ2) is 7.14. The summed E-state index contributed by atoms with van der Waals surface area (Å²) in [5.41, 5.74) is 0.648. The normalized spacial score (nSPS) is 19.3. The predicted molar refractivity (Wildman–Crippen MR) is 102 cm³/mol. The highest BCUT2D eigenvalue weighted by molar-refractivity contribution is 7.92. The number of sulfonamides is 1. The molecule has 0 atom stereocenters. The second-order valence-electron chi connectivity index (χ2n) is 7.54. The number of nitrogens with zero attached hydrogens (tertiary/aromatic N) is 2. The summed E-state index contributed by atoms with van der Waals surface area (Å²) in [6.07, 6.45) is 6.03. The van der Waals surface area contributed by atoms with Crippen molar-refractivity contribution in [3.8, 4) is 0 Å². The van der Waals surface area contributed by atoms with Crippen LogP contribution in [0.2, 0.25) is 0 Å². The first-order valence-corrected chi connectivity index (χ1v) is 11.1. The number of carboxylic acid groups (broad SMARTS) is 1. The standard InChI is InChI=1S/C19H26N2O5S/c1-20(19(18(23)24)10-4-3-5-11-19)17(22)15-8-9-16-14(13-15)7-6-12-21(16)27(2,25)26/h8-9,13H,3-7,10-12H2,1-2H3,(H,23,24). The fourth-order valence-electron chi connectivity index (χ4n) is 4.26. The van der Waals surface area contributed by atoms with Gasteiger partial charge in [0.2, 0.25) is 10.0 Å². The Labute approximate surface area is 160 Å². The molecule has 0 unspecified atom stereocenters. The van der Waals surface area contributed by atoms with Crippen LogP contribution in [0.5, 0.6) is 0 Å². The van der Waals surface area contributed by atoms with E-state index in [-0.39, 0.29) is 5.91 Å². The smallest absolute Gasteiger partial charge is 0.329 e. The van der Waals surface area contributed by atoms with Crippen LogP contribution in [0, 0.1) is 0 Å². The zero-order chi connectivity index (χ0) is 19.8. The van der Waals surface area contributed by atoms with Gasteiger partial charge in [-0.2, -0.15) is 0 Å². The van der Waals surface area contributed by atoms with Crippen LogP contribution in [-0.2, 0) is 21.2 Å². The topological polar surface area (TPSA) is 95.0 Å². The number of carbonyl (C=O) groups is 2. The number of fused-ring (bicyclic) bond motifs is 1. The van der Waals surface area contributed by atoms with E-state index in [4.69, 9.17) is 0 Å². The number of carboxylic acids is 1. The van der Waals surface area contributed by atoms with E-state index in [2.05, 4.69) is 0 Å². The maximum absolute atomic E-state index is 13.0. The van der Waals surface area contributed by atoms with Gasteiger partial charge in [0.25, 0.3) is 5.91 Å². The molecule has 0 radical (unpaired) electrons. The Morgan fingerprint density at radius 1 is 1.15 bits per heavy atom. The minimum Gasteiger partial charge on any atom is -0.479 e. The van der Waals surface area contributed by atoms with Crippen LogP contribution in [0.15, 0.2) is 18.2 Å². The van der Waals surface area contributed by atoms with Gasteiger partial charge in [0.1, 0.15) is 5.54 Å². The molecule has 1 aromatic rings. The number of benzene rings is 1. The predicted octanol–water partition coefficient (Wildman–Crippen LogP) is 2.26. The first-order chi connectivity index (χ1) is 12.7. The first-order valence-electron chi connectivity index (χ1n) is 9.29. The Kier molecular flexibility index (Phi) is 5.20. The van der Waals surface area contributed by atoms with Crippen LogP contribution in [0.1, 0.15) is 54.4 Å². The average molecular weight is 394 g/mol. The van der Waals surface area contributed by atoms with E-state index in [1.807, 2.05) is 0 Å². The van der Waals surface area contributed by atoms with Crippen molar-refractivity contribution in [2.45, 2.75) is 50.5 Å². The van der Waals surface area contributed by atoms with E-state index in [9.17, 15) is 23.1 Å².